The van der Waals surface area contributed by atoms with Gasteiger partial charge < -0.3 is 5.73 Å². The quantitative estimate of drug-likeness (QED) is 0.516. The highest BCUT2D eigenvalue weighted by atomic mass is 35.5. The fourth-order valence-corrected chi connectivity index (χ4v) is 6.17. The highest BCUT2D eigenvalue weighted by Gasteiger charge is 2.37. The van der Waals surface area contributed by atoms with Crippen LogP contribution in [0.2, 0.25) is 10.0 Å². The molecule has 8 nitrogen and oxygen atoms in total. The van der Waals surface area contributed by atoms with Crippen LogP contribution in [0.25, 0.3) is 16.7 Å². The Kier molecular flexibility index (Phi) is 6.73. The van der Waals surface area contributed by atoms with Crippen molar-refractivity contribution in [2.75, 3.05) is 6.54 Å². The minimum atomic E-state index is -0.284. The molecular weight excluding hydrogens is 497 g/mol. The molecule has 0 spiro atoms. The standard InChI is InChI=1S/C26H27Cl2N7O/c1-14-10-16(5-8-22(14)34-9-3-4-23(34)25(30)36)21-13-31-24-20(12-29)33-35(26(24)32-21)15(2)18-7-6-17(27)11-19(18)28/h5-7,11,13-15,22-23H,3-4,8-10H2,1-2H3,(H2,30,36). The van der Waals surface area contributed by atoms with E-state index in [1.165, 1.54) is 0 Å². The maximum Gasteiger partial charge on any atom is 0.234 e. The lowest BCUT2D eigenvalue weighted by Gasteiger charge is -2.38. The molecule has 1 aromatic carbocycles. The molecular formula is C26H27Cl2N7O. The van der Waals surface area contributed by atoms with Gasteiger partial charge in [-0.1, -0.05) is 42.3 Å². The number of primary amides is 1. The molecule has 186 valence electrons. The Bertz CT molecular complexity index is 1410. The van der Waals surface area contributed by atoms with Crippen LogP contribution in [0.3, 0.4) is 0 Å². The van der Waals surface area contributed by atoms with Gasteiger partial charge in [-0.15, -0.1) is 0 Å². The smallest absolute Gasteiger partial charge is 0.234 e. The Labute approximate surface area is 219 Å². The van der Waals surface area contributed by atoms with E-state index in [2.05, 4.69) is 34.1 Å². The number of benzene rings is 1. The molecule has 4 atom stereocenters. The number of nitrogens with two attached hydrogens (primary N) is 1. The van der Waals surface area contributed by atoms with Gasteiger partial charge in [-0.3, -0.25) is 9.69 Å². The lowest BCUT2D eigenvalue weighted by molar-refractivity contribution is -0.123. The zero-order valence-electron chi connectivity index (χ0n) is 20.2. The molecule has 3 aromatic rings. The van der Waals surface area contributed by atoms with Crippen molar-refractivity contribution in [3.05, 3.63) is 57.5 Å². The number of fused-ring (bicyclic) bond motifs is 1. The van der Waals surface area contributed by atoms with Crippen molar-refractivity contribution in [2.45, 2.75) is 57.7 Å². The fraction of sp³-hybridized carbons (Fsp3) is 0.423. The van der Waals surface area contributed by atoms with E-state index < -0.39 is 0 Å². The molecule has 5 rings (SSSR count). The SMILES string of the molecule is CC1CC(c2cnc3c(C#N)nn(C(C)c4ccc(Cl)cc4Cl)c3n2)=CCC1N1CCCC1C(N)=O. The third-order valence-electron chi connectivity index (χ3n) is 7.47. The lowest BCUT2D eigenvalue weighted by Crippen LogP contribution is -2.48. The number of carbonyl (C=O) groups is 1. The molecule has 1 saturated heterocycles. The van der Waals surface area contributed by atoms with Crippen molar-refractivity contribution in [1.29, 1.82) is 5.26 Å². The molecule has 1 amide bonds. The fourth-order valence-electron chi connectivity index (χ4n) is 5.61. The highest BCUT2D eigenvalue weighted by Crippen LogP contribution is 2.37. The van der Waals surface area contributed by atoms with Gasteiger partial charge >= 0.3 is 0 Å². The Morgan fingerprint density at radius 2 is 2.14 bits per heavy atom. The summed E-state index contributed by atoms with van der Waals surface area (Å²) in [6.07, 6.45) is 7.37. The summed E-state index contributed by atoms with van der Waals surface area (Å²) in [5, 5.41) is 15.2. The Balaban J connectivity index is 1.49. The number of nitriles is 1. The van der Waals surface area contributed by atoms with Crippen molar-refractivity contribution >= 4 is 45.8 Å². The number of aromatic nitrogens is 4. The number of rotatable bonds is 5. The van der Waals surface area contributed by atoms with Crippen LogP contribution in [0.15, 0.2) is 30.5 Å². The number of nitrogens with zero attached hydrogens (tertiary/aromatic N) is 6. The monoisotopic (exact) mass is 523 g/mol. The van der Waals surface area contributed by atoms with E-state index in [0.717, 1.165) is 49.1 Å². The molecule has 1 aliphatic carbocycles. The van der Waals surface area contributed by atoms with Gasteiger partial charge in [0.05, 0.1) is 24.0 Å². The first-order chi connectivity index (χ1) is 17.3. The van der Waals surface area contributed by atoms with Crippen LogP contribution in [-0.4, -0.2) is 49.2 Å². The maximum atomic E-state index is 11.9. The molecule has 0 saturated carbocycles. The Morgan fingerprint density at radius 3 is 2.83 bits per heavy atom. The molecule has 4 unspecified atom stereocenters. The second-order valence-corrected chi connectivity index (χ2v) is 10.5. The predicted molar refractivity (Wildman–Crippen MR) is 139 cm³/mol. The first-order valence-electron chi connectivity index (χ1n) is 12.1. The van der Waals surface area contributed by atoms with Crippen LogP contribution in [0.5, 0.6) is 0 Å². The molecule has 1 aliphatic heterocycles. The average Bonchev–Trinajstić information content (AvgIpc) is 3.48. The molecule has 10 heteroatoms. The van der Waals surface area contributed by atoms with E-state index in [0.29, 0.717) is 27.1 Å². The molecule has 1 fully saturated rings. The number of hydrogen-bond acceptors (Lipinski definition) is 6. The second-order valence-electron chi connectivity index (χ2n) is 9.69. The Morgan fingerprint density at radius 1 is 1.33 bits per heavy atom. The van der Waals surface area contributed by atoms with Gasteiger partial charge in [-0.2, -0.15) is 10.4 Å². The van der Waals surface area contributed by atoms with Crippen molar-refractivity contribution in [2.24, 2.45) is 11.7 Å². The number of allylic oxidation sites excluding steroid dienone is 1. The predicted octanol–water partition coefficient (Wildman–Crippen LogP) is 4.75. The molecule has 2 aromatic heterocycles. The minimum Gasteiger partial charge on any atom is -0.368 e. The van der Waals surface area contributed by atoms with Gasteiger partial charge in [0.1, 0.15) is 11.6 Å². The summed E-state index contributed by atoms with van der Waals surface area (Å²) in [7, 11) is 0. The van der Waals surface area contributed by atoms with E-state index in [4.69, 9.17) is 33.9 Å². The van der Waals surface area contributed by atoms with Crippen molar-refractivity contribution in [1.82, 2.24) is 24.6 Å². The number of halogens is 2. The van der Waals surface area contributed by atoms with Gasteiger partial charge in [-0.25, -0.2) is 14.6 Å². The summed E-state index contributed by atoms with van der Waals surface area (Å²) in [6.45, 7) is 5.07. The van der Waals surface area contributed by atoms with E-state index in [1.54, 1.807) is 23.0 Å². The summed E-state index contributed by atoms with van der Waals surface area (Å²) in [6, 6.07) is 7.27. The van der Waals surface area contributed by atoms with Crippen molar-refractivity contribution in [3.63, 3.8) is 0 Å². The summed E-state index contributed by atoms with van der Waals surface area (Å²) >= 11 is 12.5. The second kappa shape index (κ2) is 9.81. The number of carbonyl (C=O) groups excluding carboxylic acids is 1. The third-order valence-corrected chi connectivity index (χ3v) is 8.03. The van der Waals surface area contributed by atoms with Gasteiger partial charge in [0.25, 0.3) is 0 Å². The number of likely N-dealkylation sites (tertiary alicyclic amines) is 1. The van der Waals surface area contributed by atoms with Gasteiger partial charge in [0, 0.05) is 16.1 Å². The zero-order valence-corrected chi connectivity index (χ0v) is 21.7. The molecule has 2 aliphatic rings. The lowest BCUT2D eigenvalue weighted by atomic mass is 9.83. The van der Waals surface area contributed by atoms with Crippen LogP contribution >= 0.6 is 23.2 Å². The summed E-state index contributed by atoms with van der Waals surface area (Å²) < 4.78 is 1.71. The van der Waals surface area contributed by atoms with Crippen LogP contribution in [0.4, 0.5) is 0 Å². The first kappa shape index (κ1) is 24.7. The van der Waals surface area contributed by atoms with E-state index in [1.807, 2.05) is 13.0 Å². The van der Waals surface area contributed by atoms with Gasteiger partial charge in [0.2, 0.25) is 5.91 Å². The van der Waals surface area contributed by atoms with Crippen LogP contribution in [0.1, 0.15) is 62.5 Å². The average molecular weight is 524 g/mol. The maximum absolute atomic E-state index is 11.9. The zero-order chi connectivity index (χ0) is 25.6. The molecule has 2 N–H and O–H groups in total. The van der Waals surface area contributed by atoms with E-state index in [-0.39, 0.29) is 29.7 Å². The number of hydrogen-bond donors (Lipinski definition) is 1. The summed E-state index contributed by atoms with van der Waals surface area (Å²) in [5.41, 5.74) is 9.57. The van der Waals surface area contributed by atoms with Crippen LogP contribution in [0, 0.1) is 17.2 Å². The minimum absolute atomic E-state index is 0.177. The van der Waals surface area contributed by atoms with Crippen molar-refractivity contribution < 1.29 is 4.79 Å². The first-order valence-corrected chi connectivity index (χ1v) is 12.9. The highest BCUT2D eigenvalue weighted by molar-refractivity contribution is 6.35. The topological polar surface area (TPSA) is 114 Å². The van der Waals surface area contributed by atoms with Gasteiger partial charge in [0.15, 0.2) is 11.3 Å². The molecule has 0 bridgehead atoms. The number of amides is 1. The van der Waals surface area contributed by atoms with E-state index in [9.17, 15) is 10.1 Å². The largest absolute Gasteiger partial charge is 0.368 e. The van der Waals surface area contributed by atoms with Crippen LogP contribution < -0.4 is 5.73 Å². The molecule has 36 heavy (non-hydrogen) atoms. The normalized spacial score (nSPS) is 23.4. The van der Waals surface area contributed by atoms with E-state index >= 15 is 0 Å². The summed E-state index contributed by atoms with van der Waals surface area (Å²) in [5.74, 6) is 0.0936. The molecule has 3 heterocycles. The Hall–Kier alpha value is -2.99. The summed E-state index contributed by atoms with van der Waals surface area (Å²) in [4.78, 5) is 23.7. The van der Waals surface area contributed by atoms with Crippen LogP contribution in [-0.2, 0) is 4.79 Å². The third kappa shape index (κ3) is 4.36. The van der Waals surface area contributed by atoms with Crippen molar-refractivity contribution in [3.8, 4) is 6.07 Å². The molecule has 0 radical (unpaired) electrons. The van der Waals surface area contributed by atoms with Gasteiger partial charge in [-0.05, 0) is 68.3 Å².